The number of rotatable bonds is 7. The van der Waals surface area contributed by atoms with E-state index >= 15 is 0 Å². The lowest BCUT2D eigenvalue weighted by atomic mass is 9.90. The van der Waals surface area contributed by atoms with E-state index in [1.165, 1.54) is 7.05 Å². The molecule has 2 aliphatic rings. The summed E-state index contributed by atoms with van der Waals surface area (Å²) in [7, 11) is 1.40. The molecule has 1 saturated heterocycles. The van der Waals surface area contributed by atoms with Gasteiger partial charge in [0.25, 0.3) is 0 Å². The van der Waals surface area contributed by atoms with Crippen LogP contribution in [0, 0.1) is 11.3 Å². The van der Waals surface area contributed by atoms with Crippen molar-refractivity contribution in [2.75, 3.05) is 46.4 Å². The minimum atomic E-state index is -1.12. The van der Waals surface area contributed by atoms with Gasteiger partial charge in [-0.2, -0.15) is 5.26 Å². The van der Waals surface area contributed by atoms with Crippen LogP contribution >= 0.6 is 0 Å². The average molecular weight is 439 g/mol. The summed E-state index contributed by atoms with van der Waals surface area (Å²) in [5.41, 5.74) is 1.25. The Morgan fingerprint density at radius 1 is 1.25 bits per heavy atom. The number of benzene rings is 1. The number of carboxylic acid groups (broad SMARTS) is 1. The Balaban J connectivity index is 1.44. The zero-order valence-corrected chi connectivity index (χ0v) is 18.6. The molecule has 1 aromatic rings. The number of ether oxygens (including phenoxy) is 1. The molecule has 0 radical (unpaired) electrons. The zero-order valence-electron chi connectivity index (χ0n) is 18.6. The van der Waals surface area contributed by atoms with E-state index in [-0.39, 0.29) is 5.91 Å². The van der Waals surface area contributed by atoms with Crippen LogP contribution in [0.4, 0.5) is 4.79 Å². The second kappa shape index (κ2) is 10.4. The van der Waals surface area contributed by atoms with Crippen molar-refractivity contribution in [2.45, 2.75) is 25.0 Å². The molecule has 2 atom stereocenters. The van der Waals surface area contributed by atoms with Gasteiger partial charge in [-0.25, -0.2) is 4.79 Å². The van der Waals surface area contributed by atoms with Crippen LogP contribution in [0.2, 0.25) is 0 Å². The molecule has 0 aromatic heterocycles. The summed E-state index contributed by atoms with van der Waals surface area (Å²) in [5, 5.41) is 18.8. The van der Waals surface area contributed by atoms with Gasteiger partial charge in [0.15, 0.2) is 5.60 Å². The highest BCUT2D eigenvalue weighted by Gasteiger charge is 2.31. The Bertz CT molecular complexity index is 916. The Morgan fingerprint density at radius 3 is 2.50 bits per heavy atom. The van der Waals surface area contributed by atoms with Crippen LogP contribution in [0.3, 0.4) is 0 Å². The van der Waals surface area contributed by atoms with Gasteiger partial charge < -0.3 is 14.7 Å². The summed E-state index contributed by atoms with van der Waals surface area (Å²) < 4.78 is 5.99. The van der Waals surface area contributed by atoms with Crippen LogP contribution in [0.15, 0.2) is 48.6 Å². The molecule has 1 aromatic carbocycles. The van der Waals surface area contributed by atoms with Crippen LogP contribution in [0.1, 0.15) is 18.9 Å². The molecule has 0 bridgehead atoms. The number of likely N-dealkylation sites (N-methyl/N-ethyl adjacent to an activating group) is 1. The number of piperazine rings is 1. The lowest BCUT2D eigenvalue weighted by molar-refractivity contribution is -0.137. The van der Waals surface area contributed by atoms with Crippen molar-refractivity contribution in [3.8, 4) is 6.07 Å². The Kier molecular flexibility index (Phi) is 7.67. The molecule has 1 unspecified atom stereocenters. The van der Waals surface area contributed by atoms with E-state index in [9.17, 15) is 14.9 Å². The van der Waals surface area contributed by atoms with E-state index in [4.69, 9.17) is 9.84 Å². The van der Waals surface area contributed by atoms with Crippen molar-refractivity contribution < 1.29 is 19.4 Å². The zero-order chi connectivity index (χ0) is 23.1. The summed E-state index contributed by atoms with van der Waals surface area (Å²) in [6.07, 6.45) is 5.21. The Morgan fingerprint density at radius 2 is 1.94 bits per heavy atom. The number of carbonyl (C=O) groups is 2. The monoisotopic (exact) mass is 438 g/mol. The van der Waals surface area contributed by atoms with Crippen LogP contribution in [-0.4, -0.2) is 89.8 Å². The van der Waals surface area contributed by atoms with Gasteiger partial charge in [0, 0.05) is 46.2 Å². The molecule has 8 heteroatoms. The molecule has 2 amide bonds. The smallest absolute Gasteiger partial charge is 0.407 e. The van der Waals surface area contributed by atoms with Crippen LogP contribution in [-0.2, 0) is 9.53 Å². The van der Waals surface area contributed by atoms with E-state index in [0.29, 0.717) is 45.8 Å². The number of nitrogens with zero attached hydrogens (tertiary/aromatic N) is 4. The fraction of sp³-hybridized carbons (Fsp3) is 0.458. The molecule has 3 rings (SSSR count). The van der Waals surface area contributed by atoms with Gasteiger partial charge in [-0.05, 0) is 24.1 Å². The number of hydrogen-bond donors (Lipinski definition) is 1. The second-order valence-corrected chi connectivity index (χ2v) is 8.15. The first-order valence-corrected chi connectivity index (χ1v) is 10.8. The van der Waals surface area contributed by atoms with E-state index in [0.717, 1.165) is 16.0 Å². The average Bonchev–Trinajstić information content (AvgIpc) is 2.84. The lowest BCUT2D eigenvalue weighted by Crippen LogP contribution is -2.54. The van der Waals surface area contributed by atoms with Gasteiger partial charge in [-0.1, -0.05) is 42.5 Å². The van der Waals surface area contributed by atoms with Gasteiger partial charge in [-0.3, -0.25) is 14.6 Å². The lowest BCUT2D eigenvalue weighted by Gasteiger charge is -2.37. The second-order valence-electron chi connectivity index (χ2n) is 8.15. The molecule has 1 N–H and O–H groups in total. The normalized spacial score (nSPS) is 22.0. The van der Waals surface area contributed by atoms with E-state index in [1.807, 2.05) is 48.6 Å². The highest BCUT2D eigenvalue weighted by atomic mass is 16.5. The Hall–Kier alpha value is -3.15. The van der Waals surface area contributed by atoms with Gasteiger partial charge in [-0.15, -0.1) is 0 Å². The third-order valence-corrected chi connectivity index (χ3v) is 6.14. The summed E-state index contributed by atoms with van der Waals surface area (Å²) >= 11 is 0. The summed E-state index contributed by atoms with van der Waals surface area (Å²) in [5.74, 6) is -0.178. The van der Waals surface area contributed by atoms with Crippen LogP contribution in [0.25, 0.3) is 5.57 Å². The van der Waals surface area contributed by atoms with E-state index < -0.39 is 17.7 Å². The van der Waals surface area contributed by atoms with Gasteiger partial charge in [0.2, 0.25) is 5.91 Å². The third-order valence-electron chi connectivity index (χ3n) is 6.14. The molecule has 1 heterocycles. The molecule has 32 heavy (non-hydrogen) atoms. The number of hydrogen-bond acceptors (Lipinski definition) is 5. The highest BCUT2D eigenvalue weighted by Crippen LogP contribution is 2.29. The first-order valence-electron chi connectivity index (χ1n) is 10.8. The maximum absolute atomic E-state index is 12.5. The van der Waals surface area contributed by atoms with Gasteiger partial charge in [0.05, 0.1) is 6.61 Å². The van der Waals surface area contributed by atoms with Crippen molar-refractivity contribution in [3.05, 3.63) is 54.1 Å². The highest BCUT2D eigenvalue weighted by molar-refractivity contribution is 5.85. The number of amides is 2. The fourth-order valence-electron chi connectivity index (χ4n) is 3.83. The first-order chi connectivity index (χ1) is 15.3. The maximum atomic E-state index is 12.5. The Labute approximate surface area is 189 Å². The molecule has 8 nitrogen and oxygen atoms in total. The molecular weight excluding hydrogens is 408 g/mol. The predicted molar refractivity (Wildman–Crippen MR) is 121 cm³/mol. The third kappa shape index (κ3) is 5.55. The standard InChI is InChI=1S/C24H30N4O4/c1-19(26(2)23(30)31)22(29)28-14-12-27(13-15-28)16-17-32-24(18-25)10-8-21(9-11-24)20-6-4-3-5-7-20/h3-10,19H,11-17H2,1-2H3,(H,30,31)/t19-,24?/m1/s1. The molecule has 1 aliphatic heterocycles. The van der Waals surface area contributed by atoms with Gasteiger partial charge in [0.1, 0.15) is 12.1 Å². The molecule has 170 valence electrons. The van der Waals surface area contributed by atoms with Crippen LogP contribution < -0.4 is 0 Å². The molecular formula is C24H30N4O4. The number of nitriles is 1. The summed E-state index contributed by atoms with van der Waals surface area (Å²) in [4.78, 5) is 28.5. The molecule has 0 spiro atoms. The van der Waals surface area contributed by atoms with Gasteiger partial charge >= 0.3 is 6.09 Å². The van der Waals surface area contributed by atoms with Crippen molar-refractivity contribution in [2.24, 2.45) is 0 Å². The molecule has 1 fully saturated rings. The summed E-state index contributed by atoms with van der Waals surface area (Å²) in [6, 6.07) is 11.6. The number of carbonyl (C=O) groups excluding carboxylic acids is 1. The fourth-order valence-corrected chi connectivity index (χ4v) is 3.83. The predicted octanol–water partition coefficient (Wildman–Crippen LogP) is 2.45. The van der Waals surface area contributed by atoms with Crippen molar-refractivity contribution >= 4 is 17.6 Å². The molecule has 1 aliphatic carbocycles. The maximum Gasteiger partial charge on any atom is 0.407 e. The SMILES string of the molecule is C[C@H](C(=O)N1CCN(CCOC2(C#N)C=CC(c3ccccc3)=CC2)CC1)N(C)C(=O)O. The van der Waals surface area contributed by atoms with Crippen molar-refractivity contribution in [1.29, 1.82) is 5.26 Å². The summed E-state index contributed by atoms with van der Waals surface area (Å²) in [6.45, 7) is 5.15. The van der Waals surface area contributed by atoms with Crippen LogP contribution in [0.5, 0.6) is 0 Å². The largest absolute Gasteiger partial charge is 0.465 e. The van der Waals surface area contributed by atoms with Crippen molar-refractivity contribution in [1.82, 2.24) is 14.7 Å². The molecule has 0 saturated carbocycles. The van der Waals surface area contributed by atoms with Crippen molar-refractivity contribution in [3.63, 3.8) is 0 Å². The van der Waals surface area contributed by atoms with E-state index in [1.54, 1.807) is 11.8 Å². The first kappa shape index (κ1) is 23.5. The quantitative estimate of drug-likeness (QED) is 0.702. The minimum absolute atomic E-state index is 0.178. The minimum Gasteiger partial charge on any atom is -0.465 e. The topological polar surface area (TPSA) is 97.1 Å². The van der Waals surface area contributed by atoms with E-state index in [2.05, 4.69) is 11.0 Å². The number of allylic oxidation sites excluding steroid dienone is 2.